The van der Waals surface area contributed by atoms with E-state index in [1.165, 1.54) is 11.8 Å². The van der Waals surface area contributed by atoms with E-state index < -0.39 is 5.25 Å². The molecule has 0 aromatic heterocycles. The summed E-state index contributed by atoms with van der Waals surface area (Å²) in [6.45, 7) is 6.01. The first kappa shape index (κ1) is 22.6. The van der Waals surface area contributed by atoms with E-state index in [1.54, 1.807) is 0 Å². The maximum atomic E-state index is 13.3. The van der Waals surface area contributed by atoms with Crippen molar-refractivity contribution in [2.24, 2.45) is 0 Å². The van der Waals surface area contributed by atoms with Crippen LogP contribution < -0.4 is 10.6 Å². The number of carbonyl (C=O) groups excluding carboxylic acids is 2. The Balaban J connectivity index is 1.83. The molecule has 0 spiro atoms. The van der Waals surface area contributed by atoms with Crippen molar-refractivity contribution in [3.05, 3.63) is 89.5 Å². The molecule has 0 saturated carbocycles. The first-order valence-corrected chi connectivity index (χ1v) is 11.3. The highest BCUT2D eigenvalue weighted by molar-refractivity contribution is 8.00. The van der Waals surface area contributed by atoms with Gasteiger partial charge in [-0.2, -0.15) is 0 Å². The molecule has 160 valence electrons. The van der Waals surface area contributed by atoms with Crippen molar-refractivity contribution in [1.82, 2.24) is 0 Å². The molecule has 0 radical (unpaired) electrons. The van der Waals surface area contributed by atoms with Crippen LogP contribution in [0.4, 0.5) is 11.4 Å². The highest BCUT2D eigenvalue weighted by atomic mass is 32.2. The number of anilines is 2. The van der Waals surface area contributed by atoms with Gasteiger partial charge in [-0.05, 0) is 55.7 Å². The number of aryl methyl sites for hydroxylation is 2. The van der Waals surface area contributed by atoms with Crippen LogP contribution in [0.15, 0.2) is 77.7 Å². The highest BCUT2D eigenvalue weighted by Crippen LogP contribution is 2.37. The summed E-state index contributed by atoms with van der Waals surface area (Å²) < 4.78 is 0. The van der Waals surface area contributed by atoms with Crippen LogP contribution in [0.2, 0.25) is 0 Å². The van der Waals surface area contributed by atoms with Crippen molar-refractivity contribution >= 4 is 35.0 Å². The summed E-state index contributed by atoms with van der Waals surface area (Å²) in [5, 5.41) is 5.59. The normalized spacial score (nSPS) is 11.6. The molecule has 31 heavy (non-hydrogen) atoms. The Bertz CT molecular complexity index is 1050. The molecular weight excluding hydrogens is 404 g/mol. The first-order chi connectivity index (χ1) is 15.0. The van der Waals surface area contributed by atoms with E-state index in [0.717, 1.165) is 39.4 Å². The second-order valence-corrected chi connectivity index (χ2v) is 8.72. The van der Waals surface area contributed by atoms with Crippen molar-refractivity contribution in [2.75, 3.05) is 10.6 Å². The summed E-state index contributed by atoms with van der Waals surface area (Å²) in [5.74, 6) is -0.0829. The van der Waals surface area contributed by atoms with E-state index in [9.17, 15) is 9.59 Å². The third-order valence-electron chi connectivity index (χ3n) is 4.83. The minimum Gasteiger partial charge on any atom is -0.326 e. The molecule has 2 amide bonds. The molecule has 1 atom stereocenters. The van der Waals surface area contributed by atoms with Crippen LogP contribution in [0.1, 0.15) is 41.7 Å². The van der Waals surface area contributed by atoms with Gasteiger partial charge in [0.25, 0.3) is 0 Å². The molecule has 4 nitrogen and oxygen atoms in total. The molecule has 0 saturated heterocycles. The zero-order valence-electron chi connectivity index (χ0n) is 18.1. The van der Waals surface area contributed by atoms with E-state index in [0.29, 0.717) is 6.42 Å². The molecule has 3 aromatic carbocycles. The minimum absolute atomic E-state index is 0.00292. The van der Waals surface area contributed by atoms with Gasteiger partial charge in [-0.25, -0.2) is 0 Å². The minimum atomic E-state index is -0.427. The number of carbonyl (C=O) groups is 2. The quantitative estimate of drug-likeness (QED) is 0.399. The molecule has 0 aliphatic rings. The maximum Gasteiger partial charge on any atom is 0.242 e. The van der Waals surface area contributed by atoms with Gasteiger partial charge >= 0.3 is 0 Å². The Morgan fingerprint density at radius 3 is 2.39 bits per heavy atom. The van der Waals surface area contributed by atoms with Crippen LogP contribution in [0.3, 0.4) is 0 Å². The van der Waals surface area contributed by atoms with Crippen molar-refractivity contribution < 1.29 is 9.59 Å². The Hall–Kier alpha value is -3.05. The Labute approximate surface area is 188 Å². The van der Waals surface area contributed by atoms with Crippen LogP contribution in [-0.4, -0.2) is 11.8 Å². The summed E-state index contributed by atoms with van der Waals surface area (Å²) in [6, 6.07) is 23.4. The molecular formula is C26H28N2O2S. The number of hydrogen-bond acceptors (Lipinski definition) is 3. The van der Waals surface area contributed by atoms with Crippen molar-refractivity contribution in [2.45, 2.75) is 43.8 Å². The van der Waals surface area contributed by atoms with Gasteiger partial charge in [-0.1, -0.05) is 61.0 Å². The molecule has 3 aromatic rings. The summed E-state index contributed by atoms with van der Waals surface area (Å²) >= 11 is 1.47. The van der Waals surface area contributed by atoms with Gasteiger partial charge < -0.3 is 10.6 Å². The Morgan fingerprint density at radius 1 is 0.903 bits per heavy atom. The van der Waals surface area contributed by atoms with Gasteiger partial charge in [0.1, 0.15) is 5.25 Å². The third-order valence-corrected chi connectivity index (χ3v) is 6.08. The van der Waals surface area contributed by atoms with E-state index >= 15 is 0 Å². The molecule has 0 bridgehead atoms. The van der Waals surface area contributed by atoms with Crippen LogP contribution in [0.25, 0.3) is 0 Å². The van der Waals surface area contributed by atoms with Gasteiger partial charge in [0.15, 0.2) is 0 Å². The maximum absolute atomic E-state index is 13.3. The van der Waals surface area contributed by atoms with Gasteiger partial charge in [-0.15, -0.1) is 11.8 Å². The lowest BCUT2D eigenvalue weighted by Gasteiger charge is -2.18. The summed E-state index contributed by atoms with van der Waals surface area (Å²) in [4.78, 5) is 26.2. The van der Waals surface area contributed by atoms with Crippen LogP contribution in [0, 0.1) is 13.8 Å². The SMILES string of the molecule is CCCC(=O)Nc1cccc(SC(C(=O)Nc2ccc(C)cc2C)c2ccccc2)c1. The molecule has 1 unspecified atom stereocenters. The molecule has 2 N–H and O–H groups in total. The Morgan fingerprint density at radius 2 is 1.68 bits per heavy atom. The zero-order valence-corrected chi connectivity index (χ0v) is 19.0. The zero-order chi connectivity index (χ0) is 22.2. The molecule has 3 rings (SSSR count). The molecule has 0 fully saturated rings. The van der Waals surface area contributed by atoms with Gasteiger partial charge in [0, 0.05) is 22.7 Å². The van der Waals surface area contributed by atoms with Crippen molar-refractivity contribution in [3.8, 4) is 0 Å². The van der Waals surface area contributed by atoms with Gasteiger partial charge in [0.2, 0.25) is 11.8 Å². The second-order valence-electron chi connectivity index (χ2n) is 7.54. The average molecular weight is 433 g/mol. The van der Waals surface area contributed by atoms with Crippen molar-refractivity contribution in [1.29, 1.82) is 0 Å². The van der Waals surface area contributed by atoms with E-state index in [2.05, 4.69) is 16.7 Å². The summed E-state index contributed by atoms with van der Waals surface area (Å²) in [7, 11) is 0. The lowest BCUT2D eigenvalue weighted by molar-refractivity contribution is -0.116. The second kappa shape index (κ2) is 10.8. The fourth-order valence-corrected chi connectivity index (χ4v) is 4.37. The van der Waals surface area contributed by atoms with Crippen LogP contribution in [0.5, 0.6) is 0 Å². The average Bonchev–Trinajstić information content (AvgIpc) is 2.75. The molecule has 5 heteroatoms. The number of amides is 2. The van der Waals surface area contributed by atoms with E-state index in [-0.39, 0.29) is 11.8 Å². The fraction of sp³-hybridized carbons (Fsp3) is 0.231. The standard InChI is InChI=1S/C26H28N2O2S/c1-4-9-24(29)27-21-12-8-13-22(17-21)31-25(20-10-6-5-7-11-20)26(30)28-23-15-14-18(2)16-19(23)3/h5-8,10-17,25H,4,9H2,1-3H3,(H,27,29)(H,28,30). The van der Waals surface area contributed by atoms with Gasteiger partial charge in [-0.3, -0.25) is 9.59 Å². The monoisotopic (exact) mass is 432 g/mol. The summed E-state index contributed by atoms with van der Waals surface area (Å²) in [5.41, 5.74) is 4.68. The lowest BCUT2D eigenvalue weighted by atomic mass is 10.1. The van der Waals surface area contributed by atoms with E-state index in [4.69, 9.17) is 0 Å². The Kier molecular flexibility index (Phi) is 7.90. The number of nitrogens with one attached hydrogen (secondary N) is 2. The van der Waals surface area contributed by atoms with E-state index in [1.807, 2.05) is 87.5 Å². The summed E-state index contributed by atoms with van der Waals surface area (Å²) in [6.07, 6.45) is 1.29. The number of rotatable bonds is 8. The lowest BCUT2D eigenvalue weighted by Crippen LogP contribution is -2.19. The molecule has 0 heterocycles. The number of thioether (sulfide) groups is 1. The largest absolute Gasteiger partial charge is 0.326 e. The predicted molar refractivity (Wildman–Crippen MR) is 130 cm³/mol. The third kappa shape index (κ3) is 6.46. The van der Waals surface area contributed by atoms with Gasteiger partial charge in [0.05, 0.1) is 0 Å². The predicted octanol–water partition coefficient (Wildman–Crippen LogP) is 6.51. The number of benzene rings is 3. The fourth-order valence-electron chi connectivity index (χ4n) is 3.29. The van der Waals surface area contributed by atoms with Crippen LogP contribution >= 0.6 is 11.8 Å². The topological polar surface area (TPSA) is 58.2 Å². The number of hydrogen-bond donors (Lipinski definition) is 2. The van der Waals surface area contributed by atoms with Crippen molar-refractivity contribution in [3.63, 3.8) is 0 Å². The van der Waals surface area contributed by atoms with Crippen LogP contribution in [-0.2, 0) is 9.59 Å². The smallest absolute Gasteiger partial charge is 0.242 e. The first-order valence-electron chi connectivity index (χ1n) is 10.5. The highest BCUT2D eigenvalue weighted by Gasteiger charge is 2.23. The molecule has 0 aliphatic carbocycles. The molecule has 0 aliphatic heterocycles.